The maximum absolute atomic E-state index is 15.0. The van der Waals surface area contributed by atoms with Crippen molar-refractivity contribution in [2.45, 2.75) is 38.2 Å². The van der Waals surface area contributed by atoms with Crippen LogP contribution in [0.2, 0.25) is 10.0 Å². The third-order valence-corrected chi connectivity index (χ3v) is 6.78. The van der Waals surface area contributed by atoms with Gasteiger partial charge >= 0.3 is 5.97 Å². The maximum Gasteiger partial charge on any atom is 0.303 e. The Morgan fingerprint density at radius 2 is 1.82 bits per heavy atom. The number of ketones is 1. The second-order valence-electron chi connectivity index (χ2n) is 8.59. The van der Waals surface area contributed by atoms with Gasteiger partial charge in [0.05, 0.1) is 28.5 Å². The van der Waals surface area contributed by atoms with Gasteiger partial charge in [0.2, 0.25) is 5.91 Å². The summed E-state index contributed by atoms with van der Waals surface area (Å²) in [6.45, 7) is 3.18. The SMILES string of the molecule is CC(=O)OC(CNCC(=O)C1(c2ccc(-c3ccc(Cl)c(Cl)c3)c(F)c2)CC1)CN(C)C(C)=O. The number of halogens is 3. The smallest absolute Gasteiger partial charge is 0.303 e. The predicted octanol–water partition coefficient (Wildman–Crippen LogP) is 4.40. The summed E-state index contributed by atoms with van der Waals surface area (Å²) in [5.41, 5.74) is 0.885. The fourth-order valence-electron chi connectivity index (χ4n) is 3.89. The average molecular weight is 509 g/mol. The van der Waals surface area contributed by atoms with E-state index >= 15 is 0 Å². The lowest BCUT2D eigenvalue weighted by molar-refractivity contribution is -0.148. The van der Waals surface area contributed by atoms with Crippen molar-refractivity contribution in [3.63, 3.8) is 0 Å². The van der Waals surface area contributed by atoms with E-state index in [0.717, 1.165) is 0 Å². The molecule has 0 saturated heterocycles. The largest absolute Gasteiger partial charge is 0.459 e. The second kappa shape index (κ2) is 10.8. The number of nitrogens with one attached hydrogen (secondary N) is 1. The molecule has 2 aromatic rings. The topological polar surface area (TPSA) is 75.7 Å². The zero-order valence-corrected chi connectivity index (χ0v) is 20.8. The van der Waals surface area contributed by atoms with Gasteiger partial charge < -0.3 is 15.0 Å². The lowest BCUT2D eigenvalue weighted by Gasteiger charge is -2.24. The third-order valence-electron chi connectivity index (χ3n) is 6.04. The van der Waals surface area contributed by atoms with E-state index in [1.54, 1.807) is 37.4 Å². The standard InChI is InChI=1S/C25H27Cl2FN2O4/c1-15(31)30(3)14-19(34-16(2)32)12-29-13-24(33)25(8-9-25)18-5-6-20(23(28)11-18)17-4-7-21(26)22(27)10-17/h4-7,10-11,19,29H,8-9,12-14H2,1-3H3. The Hall–Kier alpha value is -2.48. The molecule has 182 valence electrons. The summed E-state index contributed by atoms with van der Waals surface area (Å²) in [6, 6.07) is 9.74. The van der Waals surface area contributed by atoms with Crippen molar-refractivity contribution in [2.75, 3.05) is 26.7 Å². The van der Waals surface area contributed by atoms with E-state index in [9.17, 15) is 18.8 Å². The summed E-state index contributed by atoms with van der Waals surface area (Å²) in [5, 5.41) is 3.76. The summed E-state index contributed by atoms with van der Waals surface area (Å²) in [4.78, 5) is 37.3. The number of rotatable bonds is 10. The Morgan fingerprint density at radius 1 is 1.12 bits per heavy atom. The van der Waals surface area contributed by atoms with Crippen LogP contribution in [0, 0.1) is 5.82 Å². The van der Waals surface area contributed by atoms with Crippen molar-refractivity contribution in [3.8, 4) is 11.1 Å². The minimum Gasteiger partial charge on any atom is -0.459 e. The first kappa shape index (κ1) is 26.1. The lowest BCUT2D eigenvalue weighted by Crippen LogP contribution is -2.43. The molecule has 1 saturated carbocycles. The summed E-state index contributed by atoms with van der Waals surface area (Å²) in [6.07, 6.45) is 0.691. The summed E-state index contributed by atoms with van der Waals surface area (Å²) in [5.74, 6) is -1.12. The van der Waals surface area contributed by atoms with Crippen molar-refractivity contribution in [1.82, 2.24) is 10.2 Å². The summed E-state index contributed by atoms with van der Waals surface area (Å²) >= 11 is 12.0. The summed E-state index contributed by atoms with van der Waals surface area (Å²) < 4.78 is 20.2. The van der Waals surface area contributed by atoms with Crippen LogP contribution >= 0.6 is 23.2 Å². The van der Waals surface area contributed by atoms with Crippen molar-refractivity contribution < 1.29 is 23.5 Å². The van der Waals surface area contributed by atoms with Crippen molar-refractivity contribution in [3.05, 3.63) is 57.8 Å². The highest BCUT2D eigenvalue weighted by Gasteiger charge is 2.50. The number of nitrogens with zero attached hydrogens (tertiary/aromatic N) is 1. The van der Waals surface area contributed by atoms with Crippen LogP contribution in [0.1, 0.15) is 32.3 Å². The van der Waals surface area contributed by atoms with E-state index in [0.29, 0.717) is 39.6 Å². The number of carbonyl (C=O) groups excluding carboxylic acids is 3. The Kier molecular flexibility index (Phi) is 8.34. The van der Waals surface area contributed by atoms with E-state index < -0.39 is 23.3 Å². The van der Waals surface area contributed by atoms with Gasteiger partial charge in [-0.05, 0) is 42.2 Å². The number of benzene rings is 2. The fourth-order valence-corrected chi connectivity index (χ4v) is 4.19. The Bertz CT molecular complexity index is 1100. The number of Topliss-reactive ketones (excluding diaryl/α,β-unsaturated/α-hetero) is 1. The van der Waals surface area contributed by atoms with Gasteiger partial charge in [-0.15, -0.1) is 0 Å². The molecule has 2 aromatic carbocycles. The van der Waals surface area contributed by atoms with Gasteiger partial charge in [-0.3, -0.25) is 14.4 Å². The number of ether oxygens (including phenoxy) is 1. The van der Waals surface area contributed by atoms with Gasteiger partial charge in [0.1, 0.15) is 11.9 Å². The van der Waals surface area contributed by atoms with E-state index in [-0.39, 0.29) is 31.3 Å². The minimum absolute atomic E-state index is 0.0394. The molecule has 0 aromatic heterocycles. The molecule has 9 heteroatoms. The summed E-state index contributed by atoms with van der Waals surface area (Å²) in [7, 11) is 1.61. The minimum atomic E-state index is -0.725. The molecular weight excluding hydrogens is 482 g/mol. The zero-order chi connectivity index (χ0) is 25.0. The van der Waals surface area contributed by atoms with Gasteiger partial charge in [-0.25, -0.2) is 4.39 Å². The molecule has 6 nitrogen and oxygen atoms in total. The molecule has 1 unspecified atom stereocenters. The van der Waals surface area contributed by atoms with Gasteiger partial charge in [0.15, 0.2) is 5.78 Å². The van der Waals surface area contributed by atoms with Crippen LogP contribution in [-0.4, -0.2) is 55.3 Å². The van der Waals surface area contributed by atoms with Crippen molar-refractivity contribution in [2.24, 2.45) is 0 Å². The number of hydrogen-bond acceptors (Lipinski definition) is 5. The van der Waals surface area contributed by atoms with E-state index in [1.807, 2.05) is 0 Å². The normalized spacial score (nSPS) is 14.9. The van der Waals surface area contributed by atoms with E-state index in [1.165, 1.54) is 24.8 Å². The molecule has 1 atom stereocenters. The molecule has 1 N–H and O–H groups in total. The molecular formula is C25H27Cl2FN2O4. The number of amides is 1. The Balaban J connectivity index is 1.66. The molecule has 1 aliphatic carbocycles. The van der Waals surface area contributed by atoms with Gasteiger partial charge in [-0.2, -0.15) is 0 Å². The third kappa shape index (κ3) is 6.14. The van der Waals surface area contributed by atoms with Crippen LogP contribution < -0.4 is 5.32 Å². The highest BCUT2D eigenvalue weighted by Crippen LogP contribution is 2.49. The van der Waals surface area contributed by atoms with Gasteiger partial charge in [0.25, 0.3) is 0 Å². The first-order valence-corrected chi connectivity index (χ1v) is 11.7. The van der Waals surface area contributed by atoms with Crippen LogP contribution in [0.3, 0.4) is 0 Å². The first-order valence-electron chi connectivity index (χ1n) is 10.9. The quantitative estimate of drug-likeness (QED) is 0.481. The molecule has 0 spiro atoms. The van der Waals surface area contributed by atoms with Crippen LogP contribution in [-0.2, 0) is 24.5 Å². The van der Waals surface area contributed by atoms with Crippen molar-refractivity contribution >= 4 is 40.9 Å². The Labute approximate surface area is 208 Å². The lowest BCUT2D eigenvalue weighted by atomic mass is 9.89. The van der Waals surface area contributed by atoms with Crippen LogP contribution in [0.4, 0.5) is 4.39 Å². The molecule has 3 rings (SSSR count). The molecule has 1 amide bonds. The molecule has 1 aliphatic rings. The fraction of sp³-hybridized carbons (Fsp3) is 0.400. The first-order chi connectivity index (χ1) is 16.0. The maximum atomic E-state index is 15.0. The molecule has 0 radical (unpaired) electrons. The van der Waals surface area contributed by atoms with Crippen LogP contribution in [0.25, 0.3) is 11.1 Å². The average Bonchev–Trinajstić information content (AvgIpc) is 3.57. The van der Waals surface area contributed by atoms with Gasteiger partial charge in [0, 0.05) is 33.0 Å². The van der Waals surface area contributed by atoms with Crippen molar-refractivity contribution in [1.29, 1.82) is 0 Å². The number of esters is 1. The number of hydrogen-bond donors (Lipinski definition) is 1. The molecule has 34 heavy (non-hydrogen) atoms. The second-order valence-corrected chi connectivity index (χ2v) is 9.41. The predicted molar refractivity (Wildman–Crippen MR) is 130 cm³/mol. The van der Waals surface area contributed by atoms with Crippen LogP contribution in [0.5, 0.6) is 0 Å². The van der Waals surface area contributed by atoms with Gasteiger partial charge in [-0.1, -0.05) is 41.4 Å². The number of likely N-dealkylation sites (N-methyl/N-ethyl adjacent to an activating group) is 1. The zero-order valence-electron chi connectivity index (χ0n) is 19.3. The highest BCUT2D eigenvalue weighted by atomic mass is 35.5. The molecule has 0 aliphatic heterocycles. The monoisotopic (exact) mass is 508 g/mol. The Morgan fingerprint density at radius 3 is 2.38 bits per heavy atom. The van der Waals surface area contributed by atoms with E-state index in [2.05, 4.69) is 5.32 Å². The highest BCUT2D eigenvalue weighted by molar-refractivity contribution is 6.42. The van der Waals surface area contributed by atoms with Crippen LogP contribution in [0.15, 0.2) is 36.4 Å². The molecule has 0 heterocycles. The molecule has 0 bridgehead atoms. The van der Waals surface area contributed by atoms with E-state index in [4.69, 9.17) is 27.9 Å². The number of carbonyl (C=O) groups is 3. The molecule has 1 fully saturated rings.